The molecule has 0 bridgehead atoms. The molecular weight excluding hydrogens is 294 g/mol. The molecule has 0 spiro atoms. The van der Waals surface area contributed by atoms with E-state index in [2.05, 4.69) is 10.6 Å². The maximum atomic E-state index is 12.0. The third kappa shape index (κ3) is 4.96. The maximum absolute atomic E-state index is 12.0. The van der Waals surface area contributed by atoms with Crippen LogP contribution in [0.3, 0.4) is 0 Å². The van der Waals surface area contributed by atoms with Gasteiger partial charge in [-0.05, 0) is 24.3 Å². The zero-order chi connectivity index (χ0) is 16.7. The van der Waals surface area contributed by atoms with Crippen LogP contribution in [0, 0.1) is 0 Å². The summed E-state index contributed by atoms with van der Waals surface area (Å²) in [5.74, 6) is -1.06. The molecule has 0 radical (unpaired) electrons. The Morgan fingerprint density at radius 2 is 1.30 bits per heavy atom. The summed E-state index contributed by atoms with van der Waals surface area (Å²) in [7, 11) is 1.33. The molecule has 0 aromatic heterocycles. The van der Waals surface area contributed by atoms with Crippen molar-refractivity contribution >= 4 is 29.2 Å². The normalized spacial score (nSPS) is 9.78. The first kappa shape index (κ1) is 16.2. The van der Waals surface area contributed by atoms with Crippen molar-refractivity contribution in [2.45, 2.75) is 6.42 Å². The Kier molecular flexibility index (Phi) is 5.46. The number of carbonyl (C=O) groups excluding carboxylic acids is 3. The molecule has 2 rings (SSSR count). The molecule has 0 saturated carbocycles. The Balaban J connectivity index is 1.86. The number of urea groups is 1. The van der Waals surface area contributed by atoms with Crippen LogP contribution in [0.25, 0.3) is 0 Å². The van der Waals surface area contributed by atoms with Gasteiger partial charge in [-0.2, -0.15) is 0 Å². The van der Waals surface area contributed by atoms with Crippen LogP contribution in [0.4, 0.5) is 16.2 Å². The number of amides is 4. The van der Waals surface area contributed by atoms with Crippen molar-refractivity contribution in [3.8, 4) is 0 Å². The van der Waals surface area contributed by atoms with Crippen LogP contribution >= 0.6 is 0 Å². The number of benzene rings is 2. The standard InChI is InChI=1S/C17H17N3O3/c1-20(17(23)19-14-10-6-3-7-11-14)16(22)12-15(21)18-13-8-4-2-5-9-13/h2-11H,12H2,1H3,(H,18,21)(H,19,23). The lowest BCUT2D eigenvalue weighted by molar-refractivity contribution is -0.131. The first-order chi connectivity index (χ1) is 11.1. The molecule has 0 fully saturated rings. The molecule has 118 valence electrons. The highest BCUT2D eigenvalue weighted by atomic mass is 16.2. The number of nitrogens with one attached hydrogen (secondary N) is 2. The molecule has 0 aliphatic rings. The van der Waals surface area contributed by atoms with E-state index in [1.807, 2.05) is 12.1 Å². The van der Waals surface area contributed by atoms with E-state index in [1.54, 1.807) is 48.5 Å². The van der Waals surface area contributed by atoms with Gasteiger partial charge in [0.05, 0.1) is 0 Å². The minimum absolute atomic E-state index is 0.409. The molecule has 0 aliphatic carbocycles. The molecule has 0 unspecified atom stereocenters. The van der Waals surface area contributed by atoms with Crippen LogP contribution in [-0.2, 0) is 9.59 Å². The SMILES string of the molecule is CN(C(=O)CC(=O)Nc1ccccc1)C(=O)Nc1ccccc1. The van der Waals surface area contributed by atoms with Crippen LogP contribution in [0.2, 0.25) is 0 Å². The fraction of sp³-hybridized carbons (Fsp3) is 0.118. The summed E-state index contributed by atoms with van der Waals surface area (Å²) in [6, 6.07) is 17.0. The molecule has 6 nitrogen and oxygen atoms in total. The molecule has 2 N–H and O–H groups in total. The van der Waals surface area contributed by atoms with Crippen molar-refractivity contribution in [1.29, 1.82) is 0 Å². The Hall–Kier alpha value is -3.15. The van der Waals surface area contributed by atoms with Gasteiger partial charge in [0.1, 0.15) is 6.42 Å². The molecule has 2 aromatic rings. The monoisotopic (exact) mass is 311 g/mol. The van der Waals surface area contributed by atoms with Gasteiger partial charge in [-0.3, -0.25) is 14.5 Å². The number of imide groups is 1. The minimum atomic E-state index is -0.591. The first-order valence-electron chi connectivity index (χ1n) is 7.04. The van der Waals surface area contributed by atoms with Gasteiger partial charge in [0.15, 0.2) is 0 Å². The summed E-state index contributed by atoms with van der Waals surface area (Å²) in [5, 5.41) is 5.18. The number of para-hydroxylation sites is 2. The van der Waals surface area contributed by atoms with Crippen LogP contribution in [0.15, 0.2) is 60.7 Å². The molecule has 2 aromatic carbocycles. The van der Waals surface area contributed by atoms with E-state index in [0.717, 1.165) is 4.90 Å². The largest absolute Gasteiger partial charge is 0.328 e. The lowest BCUT2D eigenvalue weighted by atomic mass is 10.3. The van der Waals surface area contributed by atoms with Crippen LogP contribution in [-0.4, -0.2) is 29.8 Å². The fourth-order valence-electron chi connectivity index (χ4n) is 1.82. The smallest absolute Gasteiger partial charge is 0.326 e. The summed E-state index contributed by atoms with van der Waals surface area (Å²) in [5.41, 5.74) is 1.17. The summed E-state index contributed by atoms with van der Waals surface area (Å²) < 4.78 is 0. The molecular formula is C17H17N3O3. The lowest BCUT2D eigenvalue weighted by Crippen LogP contribution is -2.38. The zero-order valence-electron chi connectivity index (χ0n) is 12.7. The first-order valence-corrected chi connectivity index (χ1v) is 7.04. The number of hydrogen-bond acceptors (Lipinski definition) is 3. The van der Waals surface area contributed by atoms with E-state index in [0.29, 0.717) is 11.4 Å². The Morgan fingerprint density at radius 1 is 0.826 bits per heavy atom. The Bertz CT molecular complexity index is 687. The topological polar surface area (TPSA) is 78.5 Å². The van der Waals surface area contributed by atoms with Crippen molar-refractivity contribution in [3.63, 3.8) is 0 Å². The van der Waals surface area contributed by atoms with E-state index in [1.165, 1.54) is 7.05 Å². The summed E-state index contributed by atoms with van der Waals surface area (Å²) >= 11 is 0. The van der Waals surface area contributed by atoms with Crippen molar-refractivity contribution in [2.24, 2.45) is 0 Å². The Morgan fingerprint density at radius 3 is 1.83 bits per heavy atom. The molecule has 0 aliphatic heterocycles. The number of nitrogens with zero attached hydrogens (tertiary/aromatic N) is 1. The van der Waals surface area contributed by atoms with Gasteiger partial charge in [0.2, 0.25) is 11.8 Å². The van der Waals surface area contributed by atoms with E-state index in [9.17, 15) is 14.4 Å². The zero-order valence-corrected chi connectivity index (χ0v) is 12.7. The lowest BCUT2D eigenvalue weighted by Gasteiger charge is -2.16. The van der Waals surface area contributed by atoms with Crippen LogP contribution < -0.4 is 10.6 Å². The summed E-state index contributed by atoms with van der Waals surface area (Å²) in [4.78, 5) is 36.6. The van der Waals surface area contributed by atoms with Crippen molar-refractivity contribution in [1.82, 2.24) is 4.90 Å². The highest BCUT2D eigenvalue weighted by Gasteiger charge is 2.19. The average molecular weight is 311 g/mol. The molecule has 23 heavy (non-hydrogen) atoms. The van der Waals surface area contributed by atoms with Gasteiger partial charge in [-0.1, -0.05) is 36.4 Å². The predicted octanol–water partition coefficient (Wildman–Crippen LogP) is 2.71. The average Bonchev–Trinajstić information content (AvgIpc) is 2.55. The summed E-state index contributed by atoms with van der Waals surface area (Å²) in [6.07, 6.45) is -0.409. The van der Waals surface area contributed by atoms with Crippen LogP contribution in [0.5, 0.6) is 0 Å². The predicted molar refractivity (Wildman–Crippen MR) is 87.9 cm³/mol. The number of anilines is 2. The second-order valence-corrected chi connectivity index (χ2v) is 4.84. The minimum Gasteiger partial charge on any atom is -0.326 e. The molecule has 0 atom stereocenters. The highest BCUT2D eigenvalue weighted by molar-refractivity contribution is 6.09. The highest BCUT2D eigenvalue weighted by Crippen LogP contribution is 2.08. The second kappa shape index (κ2) is 7.74. The van der Waals surface area contributed by atoms with E-state index in [-0.39, 0.29) is 0 Å². The Labute approximate surface area is 134 Å². The quantitative estimate of drug-likeness (QED) is 0.852. The second-order valence-electron chi connectivity index (χ2n) is 4.84. The molecule has 0 heterocycles. The maximum Gasteiger partial charge on any atom is 0.328 e. The third-order valence-corrected chi connectivity index (χ3v) is 3.07. The van der Waals surface area contributed by atoms with E-state index in [4.69, 9.17) is 0 Å². The third-order valence-electron chi connectivity index (χ3n) is 3.07. The van der Waals surface area contributed by atoms with Crippen LogP contribution in [0.1, 0.15) is 6.42 Å². The number of rotatable bonds is 4. The van der Waals surface area contributed by atoms with Gasteiger partial charge < -0.3 is 10.6 Å². The van der Waals surface area contributed by atoms with Gasteiger partial charge in [0, 0.05) is 18.4 Å². The number of carbonyl (C=O) groups is 3. The fourth-order valence-corrected chi connectivity index (χ4v) is 1.82. The molecule has 0 saturated heterocycles. The summed E-state index contributed by atoms with van der Waals surface area (Å²) in [6.45, 7) is 0. The van der Waals surface area contributed by atoms with Gasteiger partial charge in [-0.25, -0.2) is 4.79 Å². The molecule has 6 heteroatoms. The number of hydrogen-bond donors (Lipinski definition) is 2. The van der Waals surface area contributed by atoms with E-state index >= 15 is 0 Å². The molecule has 4 amide bonds. The van der Waals surface area contributed by atoms with Gasteiger partial charge in [-0.15, -0.1) is 0 Å². The van der Waals surface area contributed by atoms with Gasteiger partial charge >= 0.3 is 6.03 Å². The van der Waals surface area contributed by atoms with Crippen molar-refractivity contribution < 1.29 is 14.4 Å². The van der Waals surface area contributed by atoms with Gasteiger partial charge in [0.25, 0.3) is 0 Å². The van der Waals surface area contributed by atoms with Crippen molar-refractivity contribution in [2.75, 3.05) is 17.7 Å². The van der Waals surface area contributed by atoms with E-state index < -0.39 is 24.3 Å². The van der Waals surface area contributed by atoms with Crippen molar-refractivity contribution in [3.05, 3.63) is 60.7 Å².